The molecule has 1 amide bonds. The molecule has 2 heterocycles. The number of aryl methyl sites for hydroxylation is 1. The van der Waals surface area contributed by atoms with E-state index < -0.39 is 0 Å². The fourth-order valence-electron chi connectivity index (χ4n) is 3.66. The Hall–Kier alpha value is -3.25. The van der Waals surface area contributed by atoms with Gasteiger partial charge in [-0.15, -0.1) is 0 Å². The number of rotatable bonds is 7. The number of hydrogen-bond acceptors (Lipinski definition) is 4. The maximum absolute atomic E-state index is 13.9. The lowest BCUT2D eigenvalue weighted by atomic mass is 10.0. The third-order valence-electron chi connectivity index (χ3n) is 5.37. The van der Waals surface area contributed by atoms with Gasteiger partial charge in [0.2, 0.25) is 5.91 Å². The van der Waals surface area contributed by atoms with E-state index in [4.69, 9.17) is 4.74 Å². The number of benzene rings is 2. The van der Waals surface area contributed by atoms with Gasteiger partial charge in [0.25, 0.3) is 0 Å². The van der Waals surface area contributed by atoms with E-state index in [1.54, 1.807) is 18.3 Å². The van der Waals surface area contributed by atoms with Crippen LogP contribution in [0.5, 0.6) is 0 Å². The second-order valence-corrected chi connectivity index (χ2v) is 7.58. The molecule has 0 saturated carbocycles. The minimum atomic E-state index is -0.223. The molecule has 3 aromatic rings. The number of carbonyl (C=O) groups is 1. The number of hydrogen-bond donors (Lipinski definition) is 1. The summed E-state index contributed by atoms with van der Waals surface area (Å²) in [6, 6.07) is 18.4. The number of morpholine rings is 1. The van der Waals surface area contributed by atoms with Crippen LogP contribution >= 0.6 is 0 Å². The SMILES string of the molecule is O=C(CCCc1ccc(-c2ccccc2F)cc1)Nc1ccc(N2CCOCC2)nc1. The topological polar surface area (TPSA) is 54.5 Å². The Morgan fingerprint density at radius 2 is 1.81 bits per heavy atom. The molecule has 1 aliphatic heterocycles. The van der Waals surface area contributed by atoms with E-state index in [2.05, 4.69) is 15.2 Å². The molecule has 2 aromatic carbocycles. The van der Waals surface area contributed by atoms with Crippen molar-refractivity contribution in [3.63, 3.8) is 0 Å². The molecule has 0 radical (unpaired) electrons. The average molecular weight is 420 g/mol. The van der Waals surface area contributed by atoms with Gasteiger partial charge in [-0.3, -0.25) is 4.79 Å². The number of ether oxygens (including phenoxy) is 1. The summed E-state index contributed by atoms with van der Waals surface area (Å²) < 4.78 is 19.3. The van der Waals surface area contributed by atoms with Gasteiger partial charge in [0, 0.05) is 25.1 Å². The van der Waals surface area contributed by atoms with Crippen molar-refractivity contribution in [3.8, 4) is 11.1 Å². The Morgan fingerprint density at radius 3 is 2.52 bits per heavy atom. The first-order valence-corrected chi connectivity index (χ1v) is 10.6. The lowest BCUT2D eigenvalue weighted by Crippen LogP contribution is -2.36. The zero-order valence-electron chi connectivity index (χ0n) is 17.4. The van der Waals surface area contributed by atoms with Crippen molar-refractivity contribution < 1.29 is 13.9 Å². The van der Waals surface area contributed by atoms with E-state index in [1.807, 2.05) is 42.5 Å². The van der Waals surface area contributed by atoms with Gasteiger partial charge in [0.1, 0.15) is 11.6 Å². The second kappa shape index (κ2) is 10.2. The van der Waals surface area contributed by atoms with E-state index in [0.29, 0.717) is 30.9 Å². The van der Waals surface area contributed by atoms with Gasteiger partial charge in [-0.2, -0.15) is 0 Å². The van der Waals surface area contributed by atoms with Crippen molar-refractivity contribution in [1.82, 2.24) is 4.98 Å². The van der Waals surface area contributed by atoms with Crippen LogP contribution in [0.3, 0.4) is 0 Å². The van der Waals surface area contributed by atoms with Crippen LogP contribution in [-0.4, -0.2) is 37.2 Å². The van der Waals surface area contributed by atoms with E-state index >= 15 is 0 Å². The first kappa shape index (κ1) is 21.0. The van der Waals surface area contributed by atoms with E-state index in [1.165, 1.54) is 6.07 Å². The summed E-state index contributed by atoms with van der Waals surface area (Å²) in [5.41, 5.74) is 3.29. The highest BCUT2D eigenvalue weighted by molar-refractivity contribution is 5.90. The third kappa shape index (κ3) is 5.67. The number of anilines is 2. The first-order valence-electron chi connectivity index (χ1n) is 10.6. The van der Waals surface area contributed by atoms with E-state index in [-0.39, 0.29) is 11.7 Å². The van der Waals surface area contributed by atoms with Crippen molar-refractivity contribution in [1.29, 1.82) is 0 Å². The molecule has 1 saturated heterocycles. The molecule has 0 bridgehead atoms. The molecule has 5 nitrogen and oxygen atoms in total. The highest BCUT2D eigenvalue weighted by Gasteiger charge is 2.12. The normalized spacial score (nSPS) is 13.8. The summed E-state index contributed by atoms with van der Waals surface area (Å²) in [6.07, 6.45) is 3.66. The van der Waals surface area contributed by atoms with Crippen LogP contribution < -0.4 is 10.2 Å². The molecule has 0 aliphatic carbocycles. The number of aromatic nitrogens is 1. The molecule has 4 rings (SSSR count). The monoisotopic (exact) mass is 419 g/mol. The smallest absolute Gasteiger partial charge is 0.224 e. The Labute approximate surface area is 181 Å². The molecular formula is C25H26FN3O2. The summed E-state index contributed by atoms with van der Waals surface area (Å²) in [5.74, 6) is 0.656. The van der Waals surface area contributed by atoms with Crippen molar-refractivity contribution in [2.75, 3.05) is 36.5 Å². The molecule has 6 heteroatoms. The van der Waals surface area contributed by atoms with Gasteiger partial charge in [0.15, 0.2) is 0 Å². The largest absolute Gasteiger partial charge is 0.378 e. The summed E-state index contributed by atoms with van der Waals surface area (Å²) >= 11 is 0. The Morgan fingerprint density at radius 1 is 1.03 bits per heavy atom. The number of halogens is 1. The highest BCUT2D eigenvalue weighted by Crippen LogP contribution is 2.23. The molecular weight excluding hydrogens is 393 g/mol. The molecule has 31 heavy (non-hydrogen) atoms. The second-order valence-electron chi connectivity index (χ2n) is 7.58. The van der Waals surface area contributed by atoms with Gasteiger partial charge in [-0.1, -0.05) is 42.5 Å². The third-order valence-corrected chi connectivity index (χ3v) is 5.37. The lowest BCUT2D eigenvalue weighted by molar-refractivity contribution is -0.116. The number of pyridine rings is 1. The van der Waals surface area contributed by atoms with Crippen LogP contribution in [0.15, 0.2) is 66.9 Å². The predicted molar refractivity (Wildman–Crippen MR) is 121 cm³/mol. The first-order chi connectivity index (χ1) is 15.2. The van der Waals surface area contributed by atoms with Crippen LogP contribution in [0.2, 0.25) is 0 Å². The number of nitrogens with one attached hydrogen (secondary N) is 1. The minimum absolute atomic E-state index is 0.0242. The molecule has 1 aromatic heterocycles. The van der Waals surface area contributed by atoms with Crippen molar-refractivity contribution in [2.45, 2.75) is 19.3 Å². The van der Waals surface area contributed by atoms with Gasteiger partial charge in [0.05, 0.1) is 25.1 Å². The van der Waals surface area contributed by atoms with Gasteiger partial charge >= 0.3 is 0 Å². The zero-order valence-corrected chi connectivity index (χ0v) is 17.4. The number of amides is 1. The van der Waals surface area contributed by atoms with Crippen LogP contribution in [-0.2, 0) is 16.0 Å². The van der Waals surface area contributed by atoms with Crippen LogP contribution in [0, 0.1) is 5.82 Å². The van der Waals surface area contributed by atoms with E-state index in [0.717, 1.165) is 42.9 Å². The Bertz CT molecular complexity index is 1000. The number of carbonyl (C=O) groups excluding carboxylic acids is 1. The highest BCUT2D eigenvalue weighted by atomic mass is 19.1. The molecule has 1 fully saturated rings. The average Bonchev–Trinajstić information content (AvgIpc) is 2.81. The molecule has 0 atom stereocenters. The fourth-order valence-corrected chi connectivity index (χ4v) is 3.66. The fraction of sp³-hybridized carbons (Fsp3) is 0.280. The predicted octanol–water partition coefficient (Wildman–Crippen LogP) is 4.69. The molecule has 0 spiro atoms. The Kier molecular flexibility index (Phi) is 6.89. The summed E-state index contributed by atoms with van der Waals surface area (Å²) in [6.45, 7) is 3.10. The van der Waals surface area contributed by atoms with Crippen molar-refractivity contribution in [2.24, 2.45) is 0 Å². The quantitative estimate of drug-likeness (QED) is 0.604. The summed E-state index contributed by atoms with van der Waals surface area (Å²) in [7, 11) is 0. The van der Waals surface area contributed by atoms with Crippen LogP contribution in [0.1, 0.15) is 18.4 Å². The maximum atomic E-state index is 13.9. The summed E-state index contributed by atoms with van der Waals surface area (Å²) in [5, 5.41) is 2.91. The lowest BCUT2D eigenvalue weighted by Gasteiger charge is -2.27. The van der Waals surface area contributed by atoms with Gasteiger partial charge in [-0.05, 0) is 42.2 Å². The van der Waals surface area contributed by atoms with Crippen LogP contribution in [0.4, 0.5) is 15.9 Å². The molecule has 1 aliphatic rings. The summed E-state index contributed by atoms with van der Waals surface area (Å²) in [4.78, 5) is 18.9. The Balaban J connectivity index is 1.23. The maximum Gasteiger partial charge on any atom is 0.224 e. The van der Waals surface area contributed by atoms with Crippen molar-refractivity contribution in [3.05, 3.63) is 78.2 Å². The van der Waals surface area contributed by atoms with Crippen molar-refractivity contribution >= 4 is 17.4 Å². The van der Waals surface area contributed by atoms with Crippen LogP contribution in [0.25, 0.3) is 11.1 Å². The molecule has 160 valence electrons. The molecule has 1 N–H and O–H groups in total. The number of nitrogens with zero attached hydrogens (tertiary/aromatic N) is 2. The minimum Gasteiger partial charge on any atom is -0.378 e. The standard InChI is InChI=1S/C25H26FN3O2/c26-23-6-2-1-5-22(23)20-10-8-19(9-11-20)4-3-7-25(30)28-21-12-13-24(27-18-21)29-14-16-31-17-15-29/h1-2,5-6,8-13,18H,3-4,7,14-17H2,(H,28,30). The van der Waals surface area contributed by atoms with Gasteiger partial charge in [-0.25, -0.2) is 9.37 Å². The van der Waals surface area contributed by atoms with Gasteiger partial charge < -0.3 is 15.0 Å². The molecule has 0 unspecified atom stereocenters. The zero-order chi connectivity index (χ0) is 21.5. The van der Waals surface area contributed by atoms with E-state index in [9.17, 15) is 9.18 Å².